The fourth-order valence-corrected chi connectivity index (χ4v) is 1.87. The molecule has 0 saturated heterocycles. The molecule has 20 heavy (non-hydrogen) atoms. The van der Waals surface area contributed by atoms with Crippen molar-refractivity contribution in [3.8, 4) is 0 Å². The van der Waals surface area contributed by atoms with E-state index < -0.39 is 4.92 Å². The molecule has 0 atom stereocenters. The second-order valence-electron chi connectivity index (χ2n) is 4.30. The van der Waals surface area contributed by atoms with Crippen molar-refractivity contribution in [3.63, 3.8) is 0 Å². The molecule has 0 aliphatic carbocycles. The number of hydrogen-bond donors (Lipinski definition) is 2. The van der Waals surface area contributed by atoms with Crippen molar-refractivity contribution in [2.24, 2.45) is 0 Å². The summed E-state index contributed by atoms with van der Waals surface area (Å²) in [5.41, 5.74) is 6.86. The SMILES string of the molecule is Nc1cc(NCCc2ccccc2F)ccc1[N+](=O)[O-]. The summed E-state index contributed by atoms with van der Waals surface area (Å²) < 4.78 is 13.4. The lowest BCUT2D eigenvalue weighted by Gasteiger charge is -2.08. The lowest BCUT2D eigenvalue weighted by Crippen LogP contribution is -2.06. The zero-order valence-electron chi connectivity index (χ0n) is 10.7. The summed E-state index contributed by atoms with van der Waals surface area (Å²) in [4.78, 5) is 10.1. The normalized spacial score (nSPS) is 10.2. The number of halogens is 1. The molecule has 104 valence electrons. The van der Waals surface area contributed by atoms with Crippen LogP contribution >= 0.6 is 0 Å². The Morgan fingerprint density at radius 3 is 2.65 bits per heavy atom. The van der Waals surface area contributed by atoms with Crippen molar-refractivity contribution in [1.29, 1.82) is 0 Å². The van der Waals surface area contributed by atoms with Crippen molar-refractivity contribution in [2.45, 2.75) is 6.42 Å². The first-order chi connectivity index (χ1) is 9.58. The first-order valence-electron chi connectivity index (χ1n) is 6.09. The molecular weight excluding hydrogens is 261 g/mol. The summed E-state index contributed by atoms with van der Waals surface area (Å²) in [6.45, 7) is 0.512. The Morgan fingerprint density at radius 1 is 1.25 bits per heavy atom. The molecule has 0 aliphatic heterocycles. The predicted octanol–water partition coefficient (Wildman–Crippen LogP) is 2.97. The number of nitrogen functional groups attached to an aromatic ring is 1. The van der Waals surface area contributed by atoms with E-state index >= 15 is 0 Å². The highest BCUT2D eigenvalue weighted by molar-refractivity contribution is 5.65. The molecule has 0 aromatic heterocycles. The fraction of sp³-hybridized carbons (Fsp3) is 0.143. The zero-order chi connectivity index (χ0) is 14.5. The summed E-state index contributed by atoms with van der Waals surface area (Å²) in [5, 5.41) is 13.7. The van der Waals surface area contributed by atoms with Crippen LogP contribution in [0.4, 0.5) is 21.5 Å². The number of nitrogens with two attached hydrogens (primary N) is 1. The summed E-state index contributed by atoms with van der Waals surface area (Å²) >= 11 is 0. The van der Waals surface area contributed by atoms with Gasteiger partial charge >= 0.3 is 0 Å². The average Bonchev–Trinajstić information content (AvgIpc) is 2.40. The Kier molecular flexibility index (Phi) is 4.14. The highest BCUT2D eigenvalue weighted by Crippen LogP contribution is 2.24. The van der Waals surface area contributed by atoms with Gasteiger partial charge in [0.1, 0.15) is 11.5 Å². The molecule has 3 N–H and O–H groups in total. The molecule has 0 radical (unpaired) electrons. The van der Waals surface area contributed by atoms with Crippen molar-refractivity contribution >= 4 is 17.1 Å². The van der Waals surface area contributed by atoms with E-state index in [1.807, 2.05) is 0 Å². The van der Waals surface area contributed by atoms with Crippen LogP contribution in [0.25, 0.3) is 0 Å². The molecule has 2 aromatic rings. The number of benzene rings is 2. The smallest absolute Gasteiger partial charge is 0.292 e. The van der Waals surface area contributed by atoms with Gasteiger partial charge in [0.05, 0.1) is 4.92 Å². The molecule has 0 spiro atoms. The van der Waals surface area contributed by atoms with E-state index in [2.05, 4.69) is 5.32 Å². The highest BCUT2D eigenvalue weighted by Gasteiger charge is 2.10. The number of nitrogens with zero attached hydrogens (tertiary/aromatic N) is 1. The van der Waals surface area contributed by atoms with Gasteiger partial charge < -0.3 is 11.1 Å². The molecule has 0 bridgehead atoms. The summed E-state index contributed by atoms with van der Waals surface area (Å²) in [6, 6.07) is 11.0. The Labute approximate surface area is 115 Å². The number of anilines is 2. The molecule has 6 heteroatoms. The molecule has 0 heterocycles. The van der Waals surface area contributed by atoms with Gasteiger partial charge in [-0.25, -0.2) is 4.39 Å². The van der Waals surface area contributed by atoms with Gasteiger partial charge in [-0.05, 0) is 30.2 Å². The lowest BCUT2D eigenvalue weighted by atomic mass is 10.1. The molecule has 2 aromatic carbocycles. The Balaban J connectivity index is 1.97. The van der Waals surface area contributed by atoms with E-state index in [0.29, 0.717) is 24.2 Å². The Hall–Kier alpha value is -2.63. The van der Waals surface area contributed by atoms with Crippen molar-refractivity contribution in [3.05, 3.63) is 64.0 Å². The third-order valence-corrected chi connectivity index (χ3v) is 2.91. The number of nitrogens with one attached hydrogen (secondary N) is 1. The molecule has 2 rings (SSSR count). The number of hydrogen-bond acceptors (Lipinski definition) is 4. The maximum absolute atomic E-state index is 13.4. The van der Waals surface area contributed by atoms with Crippen molar-refractivity contribution in [2.75, 3.05) is 17.6 Å². The Bertz CT molecular complexity index is 632. The minimum atomic E-state index is -0.529. The Morgan fingerprint density at radius 2 is 2.00 bits per heavy atom. The van der Waals surface area contributed by atoms with Gasteiger partial charge in [0.15, 0.2) is 0 Å². The topological polar surface area (TPSA) is 81.2 Å². The largest absolute Gasteiger partial charge is 0.393 e. The van der Waals surface area contributed by atoms with E-state index in [0.717, 1.165) is 0 Å². The summed E-state index contributed by atoms with van der Waals surface area (Å²) in [6.07, 6.45) is 0.517. The van der Waals surface area contributed by atoms with E-state index in [4.69, 9.17) is 5.73 Å². The standard InChI is InChI=1S/C14H14FN3O2/c15-12-4-2-1-3-10(12)7-8-17-11-5-6-14(18(19)20)13(16)9-11/h1-6,9,17H,7-8,16H2. The molecule has 0 fully saturated rings. The van der Waals surface area contributed by atoms with E-state index in [1.54, 1.807) is 24.3 Å². The van der Waals surface area contributed by atoms with Crippen LogP contribution < -0.4 is 11.1 Å². The van der Waals surface area contributed by atoms with Gasteiger partial charge in [-0.3, -0.25) is 10.1 Å². The minimum absolute atomic E-state index is 0.103. The second-order valence-corrected chi connectivity index (χ2v) is 4.30. The van der Waals surface area contributed by atoms with Crippen LogP contribution in [0.1, 0.15) is 5.56 Å². The maximum Gasteiger partial charge on any atom is 0.292 e. The number of rotatable bonds is 5. The minimum Gasteiger partial charge on any atom is -0.393 e. The van der Waals surface area contributed by atoms with Crippen LogP contribution in [-0.4, -0.2) is 11.5 Å². The molecule has 0 saturated carbocycles. The fourth-order valence-electron chi connectivity index (χ4n) is 1.87. The highest BCUT2D eigenvalue weighted by atomic mass is 19.1. The van der Waals surface area contributed by atoms with Crippen LogP contribution in [0.5, 0.6) is 0 Å². The third kappa shape index (κ3) is 3.23. The van der Waals surface area contributed by atoms with E-state index in [1.165, 1.54) is 18.2 Å². The van der Waals surface area contributed by atoms with Crippen LogP contribution in [0.2, 0.25) is 0 Å². The first kappa shape index (κ1) is 13.8. The van der Waals surface area contributed by atoms with Crippen LogP contribution in [0.15, 0.2) is 42.5 Å². The van der Waals surface area contributed by atoms with Gasteiger partial charge in [0.25, 0.3) is 5.69 Å². The van der Waals surface area contributed by atoms with Crippen molar-refractivity contribution < 1.29 is 9.31 Å². The monoisotopic (exact) mass is 275 g/mol. The number of nitro groups is 1. The second kappa shape index (κ2) is 6.01. The molecule has 0 unspecified atom stereocenters. The maximum atomic E-state index is 13.4. The van der Waals surface area contributed by atoms with Gasteiger partial charge in [-0.2, -0.15) is 0 Å². The molecule has 0 amide bonds. The molecule has 5 nitrogen and oxygen atoms in total. The van der Waals surface area contributed by atoms with Crippen LogP contribution in [0.3, 0.4) is 0 Å². The summed E-state index contributed by atoms with van der Waals surface area (Å²) in [7, 11) is 0. The van der Waals surface area contributed by atoms with Gasteiger partial charge in [0.2, 0.25) is 0 Å². The third-order valence-electron chi connectivity index (χ3n) is 2.91. The van der Waals surface area contributed by atoms with Gasteiger partial charge in [-0.15, -0.1) is 0 Å². The van der Waals surface area contributed by atoms with Gasteiger partial charge in [0, 0.05) is 18.3 Å². The van der Waals surface area contributed by atoms with Crippen LogP contribution in [0, 0.1) is 15.9 Å². The van der Waals surface area contributed by atoms with E-state index in [9.17, 15) is 14.5 Å². The van der Waals surface area contributed by atoms with Crippen LogP contribution in [-0.2, 0) is 6.42 Å². The first-order valence-corrected chi connectivity index (χ1v) is 6.09. The predicted molar refractivity (Wildman–Crippen MR) is 76.1 cm³/mol. The quantitative estimate of drug-likeness (QED) is 0.499. The average molecular weight is 275 g/mol. The lowest BCUT2D eigenvalue weighted by molar-refractivity contribution is -0.383. The number of nitro benzene ring substituents is 1. The summed E-state index contributed by atoms with van der Waals surface area (Å²) in [5.74, 6) is -0.238. The van der Waals surface area contributed by atoms with E-state index in [-0.39, 0.29) is 17.2 Å². The molecule has 0 aliphatic rings. The van der Waals surface area contributed by atoms with Crippen molar-refractivity contribution in [1.82, 2.24) is 0 Å². The molecular formula is C14H14FN3O2. The zero-order valence-corrected chi connectivity index (χ0v) is 10.7. The van der Waals surface area contributed by atoms with Gasteiger partial charge in [-0.1, -0.05) is 18.2 Å².